The monoisotopic (exact) mass is 371 g/mol. The second-order valence-corrected chi connectivity index (χ2v) is 6.60. The lowest BCUT2D eigenvalue weighted by molar-refractivity contribution is -0.122. The van der Waals surface area contributed by atoms with Crippen LogP contribution in [0.5, 0.6) is 0 Å². The molecule has 1 fully saturated rings. The molecule has 3 atom stereocenters. The molecule has 6 heteroatoms. The Morgan fingerprint density at radius 2 is 1.59 bits per heavy atom. The van der Waals surface area contributed by atoms with E-state index in [0.717, 1.165) is 11.1 Å². The lowest BCUT2D eigenvalue weighted by atomic mass is 9.96. The Hall–Kier alpha value is -2.41. The molecular formula is C21H25NO5. The molecule has 2 aromatic rings. The maximum absolute atomic E-state index is 12.5. The van der Waals surface area contributed by atoms with Gasteiger partial charge in [-0.25, -0.2) is 4.79 Å². The SMILES string of the molecule is O=C(OCc1ccccc1)N1CC[C@@H](O)[C@H](OCc2ccccc2)[C@H]1CO. The van der Waals surface area contributed by atoms with Crippen LogP contribution in [0.2, 0.25) is 0 Å². The van der Waals surface area contributed by atoms with Gasteiger partial charge in [0.2, 0.25) is 0 Å². The molecule has 144 valence electrons. The molecule has 1 aliphatic rings. The first-order valence-electron chi connectivity index (χ1n) is 9.11. The molecule has 0 radical (unpaired) electrons. The van der Waals surface area contributed by atoms with Crippen LogP contribution in [0.15, 0.2) is 60.7 Å². The molecule has 2 N–H and O–H groups in total. The van der Waals surface area contributed by atoms with Crippen molar-refractivity contribution in [1.29, 1.82) is 0 Å². The fraction of sp³-hybridized carbons (Fsp3) is 0.381. The number of aliphatic hydroxyl groups excluding tert-OH is 2. The summed E-state index contributed by atoms with van der Waals surface area (Å²) in [6.45, 7) is 0.459. The van der Waals surface area contributed by atoms with Gasteiger partial charge in [0.25, 0.3) is 0 Å². The number of amides is 1. The molecule has 1 aliphatic heterocycles. The number of aliphatic hydroxyl groups is 2. The van der Waals surface area contributed by atoms with Crippen molar-refractivity contribution in [1.82, 2.24) is 4.90 Å². The Morgan fingerprint density at radius 3 is 2.19 bits per heavy atom. The zero-order chi connectivity index (χ0) is 19.1. The minimum Gasteiger partial charge on any atom is -0.445 e. The summed E-state index contributed by atoms with van der Waals surface area (Å²) in [6.07, 6.45) is -1.56. The average molecular weight is 371 g/mol. The second-order valence-electron chi connectivity index (χ2n) is 6.60. The maximum atomic E-state index is 12.5. The number of likely N-dealkylation sites (tertiary alicyclic amines) is 1. The van der Waals surface area contributed by atoms with Crippen LogP contribution in [0.4, 0.5) is 4.79 Å². The quantitative estimate of drug-likeness (QED) is 0.815. The summed E-state index contributed by atoms with van der Waals surface area (Å²) in [5.41, 5.74) is 1.85. The van der Waals surface area contributed by atoms with Gasteiger partial charge in [-0.3, -0.25) is 0 Å². The molecule has 27 heavy (non-hydrogen) atoms. The summed E-state index contributed by atoms with van der Waals surface area (Å²) >= 11 is 0. The molecule has 0 unspecified atom stereocenters. The lowest BCUT2D eigenvalue weighted by Gasteiger charge is -2.42. The van der Waals surface area contributed by atoms with E-state index < -0.39 is 24.3 Å². The van der Waals surface area contributed by atoms with E-state index in [2.05, 4.69) is 0 Å². The molecule has 3 rings (SSSR count). The summed E-state index contributed by atoms with van der Waals surface area (Å²) in [7, 11) is 0. The molecule has 0 bridgehead atoms. The molecule has 2 aromatic carbocycles. The fourth-order valence-electron chi connectivity index (χ4n) is 3.26. The summed E-state index contributed by atoms with van der Waals surface area (Å²) in [6, 6.07) is 18.3. The number of rotatable bonds is 6. The van der Waals surface area contributed by atoms with E-state index in [0.29, 0.717) is 19.6 Å². The molecule has 0 spiro atoms. The Bertz CT molecular complexity index is 709. The summed E-state index contributed by atoms with van der Waals surface area (Å²) in [5, 5.41) is 20.2. The topological polar surface area (TPSA) is 79.2 Å². The van der Waals surface area contributed by atoms with Gasteiger partial charge < -0.3 is 24.6 Å². The Morgan fingerprint density at radius 1 is 1.00 bits per heavy atom. The van der Waals surface area contributed by atoms with Crippen LogP contribution in [-0.4, -0.2) is 52.6 Å². The number of piperidine rings is 1. The molecule has 1 saturated heterocycles. The van der Waals surface area contributed by atoms with Crippen LogP contribution in [0.1, 0.15) is 17.5 Å². The van der Waals surface area contributed by atoms with Gasteiger partial charge in [-0.2, -0.15) is 0 Å². The first-order valence-corrected chi connectivity index (χ1v) is 9.11. The van der Waals surface area contributed by atoms with Gasteiger partial charge in [0, 0.05) is 6.54 Å². The summed E-state index contributed by atoms with van der Waals surface area (Å²) in [5.74, 6) is 0. The van der Waals surface area contributed by atoms with E-state index in [4.69, 9.17) is 9.47 Å². The number of hydrogen-bond donors (Lipinski definition) is 2. The van der Waals surface area contributed by atoms with Gasteiger partial charge in [-0.15, -0.1) is 0 Å². The third-order valence-electron chi connectivity index (χ3n) is 4.74. The van der Waals surface area contributed by atoms with Gasteiger partial charge >= 0.3 is 6.09 Å². The Balaban J connectivity index is 1.61. The minimum atomic E-state index is -0.746. The standard InChI is InChI=1S/C21H25NO5/c23-13-18-20(26-14-16-7-3-1-4-8-16)19(24)11-12-22(18)21(25)27-15-17-9-5-2-6-10-17/h1-10,18-20,23-24H,11-15H2/t18-,19-,20-/m1/s1. The van der Waals surface area contributed by atoms with Crippen molar-refractivity contribution in [3.8, 4) is 0 Å². The molecular weight excluding hydrogens is 346 g/mol. The van der Waals surface area contributed by atoms with Gasteiger partial charge in [-0.05, 0) is 17.5 Å². The van der Waals surface area contributed by atoms with Crippen molar-refractivity contribution >= 4 is 6.09 Å². The van der Waals surface area contributed by atoms with Crippen molar-refractivity contribution < 1.29 is 24.5 Å². The van der Waals surface area contributed by atoms with E-state index in [-0.39, 0.29) is 13.2 Å². The van der Waals surface area contributed by atoms with E-state index in [1.54, 1.807) is 0 Å². The number of carbonyl (C=O) groups excluding carboxylic acids is 1. The average Bonchev–Trinajstić information content (AvgIpc) is 2.72. The number of ether oxygens (including phenoxy) is 2. The van der Waals surface area contributed by atoms with Crippen LogP contribution in [-0.2, 0) is 22.7 Å². The van der Waals surface area contributed by atoms with Crippen LogP contribution >= 0.6 is 0 Å². The predicted molar refractivity (Wildman–Crippen MR) is 99.8 cm³/mol. The fourth-order valence-corrected chi connectivity index (χ4v) is 3.26. The van der Waals surface area contributed by atoms with Gasteiger partial charge in [0.05, 0.1) is 25.4 Å². The van der Waals surface area contributed by atoms with Gasteiger partial charge in [0.1, 0.15) is 12.7 Å². The maximum Gasteiger partial charge on any atom is 0.410 e. The van der Waals surface area contributed by atoms with Crippen molar-refractivity contribution in [2.45, 2.75) is 37.9 Å². The first kappa shape index (κ1) is 19.4. The number of hydrogen-bond acceptors (Lipinski definition) is 5. The number of carbonyl (C=O) groups is 1. The van der Waals surface area contributed by atoms with E-state index in [1.165, 1.54) is 4.90 Å². The van der Waals surface area contributed by atoms with Crippen LogP contribution < -0.4 is 0 Å². The smallest absolute Gasteiger partial charge is 0.410 e. The summed E-state index contributed by atoms with van der Waals surface area (Å²) in [4.78, 5) is 14.0. The lowest BCUT2D eigenvalue weighted by Crippen LogP contribution is -2.59. The molecule has 0 aromatic heterocycles. The molecule has 0 aliphatic carbocycles. The van der Waals surface area contributed by atoms with Gasteiger partial charge in [0.15, 0.2) is 0 Å². The van der Waals surface area contributed by atoms with Crippen molar-refractivity contribution in [3.05, 3.63) is 71.8 Å². The second kappa shape index (κ2) is 9.50. The van der Waals surface area contributed by atoms with Crippen LogP contribution in [0.25, 0.3) is 0 Å². The van der Waals surface area contributed by atoms with Crippen molar-refractivity contribution in [2.75, 3.05) is 13.2 Å². The highest BCUT2D eigenvalue weighted by molar-refractivity contribution is 5.68. The predicted octanol–water partition coefficient (Wildman–Crippen LogP) is 2.34. The molecule has 0 saturated carbocycles. The third-order valence-corrected chi connectivity index (χ3v) is 4.74. The Kier molecular flexibility index (Phi) is 6.81. The Labute approximate surface area is 159 Å². The van der Waals surface area contributed by atoms with Crippen molar-refractivity contribution in [3.63, 3.8) is 0 Å². The number of nitrogens with zero attached hydrogens (tertiary/aromatic N) is 1. The highest BCUT2D eigenvalue weighted by Gasteiger charge is 2.40. The molecule has 6 nitrogen and oxygen atoms in total. The van der Waals surface area contributed by atoms with Crippen molar-refractivity contribution in [2.24, 2.45) is 0 Å². The zero-order valence-electron chi connectivity index (χ0n) is 15.1. The highest BCUT2D eigenvalue weighted by Crippen LogP contribution is 2.23. The third kappa shape index (κ3) is 5.07. The van der Waals surface area contributed by atoms with Crippen LogP contribution in [0, 0.1) is 0 Å². The zero-order valence-corrected chi connectivity index (χ0v) is 15.1. The number of benzene rings is 2. The van der Waals surface area contributed by atoms with E-state index in [1.807, 2.05) is 60.7 Å². The van der Waals surface area contributed by atoms with Gasteiger partial charge in [-0.1, -0.05) is 60.7 Å². The normalized spacial score (nSPS) is 22.4. The first-order chi connectivity index (χ1) is 13.2. The highest BCUT2D eigenvalue weighted by atomic mass is 16.6. The largest absolute Gasteiger partial charge is 0.445 e. The summed E-state index contributed by atoms with van der Waals surface area (Å²) < 4.78 is 11.3. The van der Waals surface area contributed by atoms with Crippen LogP contribution in [0.3, 0.4) is 0 Å². The van der Waals surface area contributed by atoms with E-state index in [9.17, 15) is 15.0 Å². The molecule has 1 amide bonds. The van der Waals surface area contributed by atoms with E-state index >= 15 is 0 Å². The minimum absolute atomic E-state index is 0.159. The molecule has 1 heterocycles.